The number of hydrogen-bond acceptors (Lipinski definition) is 2. The van der Waals surface area contributed by atoms with Crippen LogP contribution >= 0.6 is 0 Å². The second kappa shape index (κ2) is 9.01. The zero-order valence-corrected chi connectivity index (χ0v) is 19.4. The Morgan fingerprint density at radius 3 is 2.04 bits per heavy atom. The van der Waals surface area contributed by atoms with E-state index in [4.69, 9.17) is 4.74 Å². The maximum absolute atomic E-state index is 12.8. The van der Waals surface area contributed by atoms with Gasteiger partial charge in [0, 0.05) is 0 Å². The predicted molar refractivity (Wildman–Crippen MR) is 119 cm³/mol. The molecule has 0 aliphatic heterocycles. The quantitative estimate of drug-likeness (QED) is 0.403. The summed E-state index contributed by atoms with van der Waals surface area (Å²) in [5.74, 6) is 0.324. The number of ether oxygens (including phenoxy) is 1. The van der Waals surface area contributed by atoms with Gasteiger partial charge in [0.1, 0.15) is 5.60 Å². The molecule has 1 atom stereocenters. The standard InChI is InChI=1S/C26H42O2/c1-8-24(4,5)19-22(25(6,7)9-2)20-13-15-21(16-14-20)23(27)28-26(10-3)17-11-12-18-26/h13-16,22H,8-12,17-19H2,1-7H3. The van der Waals surface area contributed by atoms with Crippen molar-refractivity contribution in [3.05, 3.63) is 35.4 Å². The van der Waals surface area contributed by atoms with Gasteiger partial charge in [0.05, 0.1) is 5.56 Å². The Morgan fingerprint density at radius 2 is 1.57 bits per heavy atom. The fourth-order valence-corrected chi connectivity index (χ4v) is 4.44. The van der Waals surface area contributed by atoms with Crippen LogP contribution < -0.4 is 0 Å². The van der Waals surface area contributed by atoms with Gasteiger partial charge in [0.15, 0.2) is 0 Å². The van der Waals surface area contributed by atoms with E-state index >= 15 is 0 Å². The van der Waals surface area contributed by atoms with Crippen molar-refractivity contribution in [2.24, 2.45) is 10.8 Å². The Morgan fingerprint density at radius 1 is 1.00 bits per heavy atom. The minimum atomic E-state index is -0.229. The number of rotatable bonds is 9. The van der Waals surface area contributed by atoms with Crippen molar-refractivity contribution in [3.8, 4) is 0 Å². The molecule has 2 nitrogen and oxygen atoms in total. The lowest BCUT2D eigenvalue weighted by molar-refractivity contribution is -0.0172. The van der Waals surface area contributed by atoms with E-state index in [1.54, 1.807) is 0 Å². The number of hydrogen-bond donors (Lipinski definition) is 0. The first kappa shape index (κ1) is 23.0. The Kier molecular flexibility index (Phi) is 7.39. The molecule has 1 aromatic rings. The van der Waals surface area contributed by atoms with Gasteiger partial charge in [0.2, 0.25) is 0 Å². The summed E-state index contributed by atoms with van der Waals surface area (Å²) in [5.41, 5.74) is 2.34. The van der Waals surface area contributed by atoms with Crippen LogP contribution in [-0.4, -0.2) is 11.6 Å². The number of benzene rings is 1. The molecule has 0 N–H and O–H groups in total. The fraction of sp³-hybridized carbons (Fsp3) is 0.731. The molecule has 0 amide bonds. The van der Waals surface area contributed by atoms with Gasteiger partial charge < -0.3 is 4.74 Å². The topological polar surface area (TPSA) is 26.3 Å². The summed E-state index contributed by atoms with van der Waals surface area (Å²) >= 11 is 0. The molecule has 1 saturated carbocycles. The van der Waals surface area contributed by atoms with E-state index < -0.39 is 0 Å². The van der Waals surface area contributed by atoms with Gasteiger partial charge in [-0.05, 0) is 73.0 Å². The summed E-state index contributed by atoms with van der Waals surface area (Å²) in [4.78, 5) is 12.8. The molecule has 0 spiro atoms. The van der Waals surface area contributed by atoms with Crippen LogP contribution in [-0.2, 0) is 4.74 Å². The smallest absolute Gasteiger partial charge is 0.338 e. The van der Waals surface area contributed by atoms with Gasteiger partial charge in [-0.15, -0.1) is 0 Å². The Balaban J connectivity index is 2.21. The zero-order chi connectivity index (χ0) is 21.0. The SMILES string of the molecule is CCC(C)(C)CC(c1ccc(C(=O)OC2(CC)CCCC2)cc1)C(C)(C)CC. The van der Waals surface area contributed by atoms with Crippen molar-refractivity contribution in [1.82, 2.24) is 0 Å². The van der Waals surface area contributed by atoms with Crippen LogP contribution in [0.2, 0.25) is 0 Å². The van der Waals surface area contributed by atoms with Crippen molar-refractivity contribution in [1.29, 1.82) is 0 Å². The van der Waals surface area contributed by atoms with Crippen LogP contribution in [0.3, 0.4) is 0 Å². The van der Waals surface area contributed by atoms with E-state index in [0.29, 0.717) is 16.9 Å². The molecule has 0 radical (unpaired) electrons. The first-order valence-corrected chi connectivity index (χ1v) is 11.4. The molecular weight excluding hydrogens is 344 g/mol. The van der Waals surface area contributed by atoms with Gasteiger partial charge in [-0.2, -0.15) is 0 Å². The lowest BCUT2D eigenvalue weighted by Gasteiger charge is -2.39. The summed E-state index contributed by atoms with van der Waals surface area (Å²) in [5, 5.41) is 0. The van der Waals surface area contributed by atoms with E-state index in [1.165, 1.54) is 24.8 Å². The molecule has 0 bridgehead atoms. The third-order valence-corrected chi connectivity index (χ3v) is 7.59. The minimum Gasteiger partial charge on any atom is -0.455 e. The molecule has 1 aromatic carbocycles. The van der Waals surface area contributed by atoms with Crippen LogP contribution in [0.15, 0.2) is 24.3 Å². The summed E-state index contributed by atoms with van der Waals surface area (Å²) in [6.07, 6.45) is 8.73. The Hall–Kier alpha value is -1.31. The van der Waals surface area contributed by atoms with Crippen LogP contribution in [0.4, 0.5) is 0 Å². The molecule has 0 aromatic heterocycles. The van der Waals surface area contributed by atoms with Crippen LogP contribution in [0.1, 0.15) is 122 Å². The number of esters is 1. The molecule has 1 aliphatic rings. The molecule has 158 valence electrons. The lowest BCUT2D eigenvalue weighted by Crippen LogP contribution is -2.31. The summed E-state index contributed by atoms with van der Waals surface area (Å²) in [7, 11) is 0. The molecule has 1 fully saturated rings. The highest BCUT2D eigenvalue weighted by molar-refractivity contribution is 5.89. The van der Waals surface area contributed by atoms with E-state index in [1.807, 2.05) is 12.1 Å². The van der Waals surface area contributed by atoms with Gasteiger partial charge in [0.25, 0.3) is 0 Å². The Labute approximate surface area is 173 Å². The van der Waals surface area contributed by atoms with Crippen LogP contribution in [0, 0.1) is 10.8 Å². The first-order valence-electron chi connectivity index (χ1n) is 11.4. The van der Waals surface area contributed by atoms with Crippen molar-refractivity contribution < 1.29 is 9.53 Å². The van der Waals surface area contributed by atoms with Crippen molar-refractivity contribution in [2.45, 2.75) is 111 Å². The molecule has 2 heteroatoms. The van der Waals surface area contributed by atoms with Gasteiger partial charge >= 0.3 is 5.97 Å². The third-order valence-electron chi connectivity index (χ3n) is 7.59. The monoisotopic (exact) mass is 386 g/mol. The summed E-state index contributed by atoms with van der Waals surface area (Å²) in [6.45, 7) is 16.2. The van der Waals surface area contributed by atoms with Crippen LogP contribution in [0.25, 0.3) is 0 Å². The first-order chi connectivity index (χ1) is 13.1. The molecule has 0 saturated heterocycles. The fourth-order valence-electron chi connectivity index (χ4n) is 4.44. The van der Waals surface area contributed by atoms with Gasteiger partial charge in [-0.3, -0.25) is 0 Å². The number of carbonyl (C=O) groups excluding carboxylic acids is 1. The average Bonchev–Trinajstić information content (AvgIpc) is 3.15. The highest BCUT2D eigenvalue weighted by atomic mass is 16.6. The maximum Gasteiger partial charge on any atom is 0.338 e. The molecule has 1 unspecified atom stereocenters. The van der Waals surface area contributed by atoms with Crippen LogP contribution in [0.5, 0.6) is 0 Å². The van der Waals surface area contributed by atoms with Crippen molar-refractivity contribution in [2.75, 3.05) is 0 Å². The second-order valence-electron chi connectivity index (χ2n) is 10.4. The predicted octanol–water partition coefficient (Wildman–Crippen LogP) is 7.91. The van der Waals surface area contributed by atoms with Crippen molar-refractivity contribution in [3.63, 3.8) is 0 Å². The second-order valence-corrected chi connectivity index (χ2v) is 10.4. The molecule has 0 heterocycles. The summed E-state index contributed by atoms with van der Waals surface area (Å²) in [6, 6.07) is 8.29. The van der Waals surface area contributed by atoms with E-state index in [2.05, 4.69) is 60.6 Å². The molecule has 28 heavy (non-hydrogen) atoms. The highest BCUT2D eigenvalue weighted by Gasteiger charge is 2.37. The van der Waals surface area contributed by atoms with Crippen molar-refractivity contribution >= 4 is 5.97 Å². The Bertz CT molecular complexity index is 633. The molecule has 2 rings (SSSR count). The highest BCUT2D eigenvalue weighted by Crippen LogP contribution is 2.46. The molecule has 1 aliphatic carbocycles. The normalized spacial score (nSPS) is 18.1. The van der Waals surface area contributed by atoms with Gasteiger partial charge in [-0.25, -0.2) is 4.79 Å². The maximum atomic E-state index is 12.8. The van der Waals surface area contributed by atoms with E-state index in [0.717, 1.165) is 32.1 Å². The number of carbonyl (C=O) groups is 1. The third kappa shape index (κ3) is 5.39. The summed E-state index contributed by atoms with van der Waals surface area (Å²) < 4.78 is 5.98. The van der Waals surface area contributed by atoms with E-state index in [9.17, 15) is 4.79 Å². The zero-order valence-electron chi connectivity index (χ0n) is 19.4. The molecular formula is C26H42O2. The average molecular weight is 387 g/mol. The van der Waals surface area contributed by atoms with Gasteiger partial charge in [-0.1, -0.05) is 73.4 Å². The van der Waals surface area contributed by atoms with E-state index in [-0.39, 0.29) is 17.0 Å². The lowest BCUT2D eigenvalue weighted by atomic mass is 9.66. The largest absolute Gasteiger partial charge is 0.455 e. The minimum absolute atomic E-state index is 0.157.